The molecule has 2 heterocycles. The van der Waals surface area contributed by atoms with E-state index in [0.717, 1.165) is 42.5 Å². The maximum absolute atomic E-state index is 12.9. The molecule has 1 aliphatic heterocycles. The molecule has 0 saturated carbocycles. The second-order valence-corrected chi connectivity index (χ2v) is 9.66. The molecule has 0 spiro atoms. The van der Waals surface area contributed by atoms with Crippen LogP contribution < -0.4 is 15.2 Å². The maximum Gasteiger partial charge on any atom is 0.354 e. The van der Waals surface area contributed by atoms with E-state index in [0.29, 0.717) is 12.5 Å². The molecule has 10 heteroatoms. The zero-order valence-corrected chi connectivity index (χ0v) is 17.0. The number of nitrogens with one attached hydrogen (secondary N) is 1. The van der Waals surface area contributed by atoms with Crippen molar-refractivity contribution in [3.63, 3.8) is 0 Å². The van der Waals surface area contributed by atoms with Crippen LogP contribution in [0.25, 0.3) is 0 Å². The average molecular weight is 452 g/mol. The fraction of sp³-hybridized carbons (Fsp3) is 0.412. The molecule has 5 rings (SSSR count). The van der Waals surface area contributed by atoms with Crippen LogP contribution in [0.2, 0.25) is 0 Å². The number of carbonyl (C=O) groups is 1. The molecular weight excluding hydrogens is 434 g/mol. The number of aromatic nitrogens is 2. The van der Waals surface area contributed by atoms with Crippen LogP contribution in [-0.2, 0) is 35.6 Å². The molecule has 0 fully saturated rings. The van der Waals surface area contributed by atoms with Gasteiger partial charge in [0.2, 0.25) is 5.88 Å². The van der Waals surface area contributed by atoms with Crippen molar-refractivity contribution < 1.29 is 13.7 Å². The van der Waals surface area contributed by atoms with Crippen LogP contribution in [-0.4, -0.2) is 26.6 Å². The summed E-state index contributed by atoms with van der Waals surface area (Å²) in [6, 6.07) is -0.683. The number of ether oxygens (including phenoxy) is 1. The van der Waals surface area contributed by atoms with E-state index < -0.39 is 15.9 Å². The zero-order valence-electron chi connectivity index (χ0n) is 14.6. The molecule has 0 bridgehead atoms. The summed E-state index contributed by atoms with van der Waals surface area (Å²) in [5.41, 5.74) is 5.57. The van der Waals surface area contributed by atoms with E-state index in [1.165, 1.54) is 21.8 Å². The van der Waals surface area contributed by atoms with Gasteiger partial charge in [-0.2, -0.15) is 5.10 Å². The number of carbonyl (C=O) groups excluding carboxylic acids is 1. The quantitative estimate of drug-likeness (QED) is 0.730. The van der Waals surface area contributed by atoms with E-state index in [-0.39, 0.29) is 10.9 Å². The summed E-state index contributed by atoms with van der Waals surface area (Å²) in [7, 11) is -3.46. The van der Waals surface area contributed by atoms with Gasteiger partial charge in [0.1, 0.15) is 11.5 Å². The average Bonchev–Trinajstić information content (AvgIpc) is 3.06. The van der Waals surface area contributed by atoms with Gasteiger partial charge in [-0.15, -0.1) is 4.36 Å². The molecule has 2 atom stereocenters. The van der Waals surface area contributed by atoms with Crippen molar-refractivity contribution in [2.24, 2.45) is 9.50 Å². The number of anilines is 1. The number of nitrogens with zero attached hydrogens (tertiary/aromatic N) is 3. The van der Waals surface area contributed by atoms with E-state index in [1.54, 1.807) is 4.68 Å². The van der Waals surface area contributed by atoms with Gasteiger partial charge in [-0.3, -0.25) is 0 Å². The highest BCUT2D eigenvalue weighted by Gasteiger charge is 2.32. The fourth-order valence-electron chi connectivity index (χ4n) is 3.86. The van der Waals surface area contributed by atoms with Crippen molar-refractivity contribution in [1.29, 1.82) is 0 Å². The highest BCUT2D eigenvalue weighted by molar-refractivity contribution is 9.10. The number of nitrogens with two attached hydrogens (primary N) is 1. The summed E-state index contributed by atoms with van der Waals surface area (Å²) in [5, 5.41) is 12.9. The molecule has 3 aliphatic rings. The second kappa shape index (κ2) is 5.79. The summed E-state index contributed by atoms with van der Waals surface area (Å²) in [5.74, 6) is 0.323. The Labute approximate surface area is 164 Å². The van der Waals surface area contributed by atoms with Crippen molar-refractivity contribution in [1.82, 2.24) is 9.78 Å². The van der Waals surface area contributed by atoms with Gasteiger partial charge < -0.3 is 10.1 Å². The summed E-state index contributed by atoms with van der Waals surface area (Å²) in [6.45, 7) is 2.35. The third-order valence-corrected chi connectivity index (χ3v) is 7.78. The van der Waals surface area contributed by atoms with Crippen molar-refractivity contribution in [2.45, 2.75) is 43.5 Å². The number of halogens is 1. The van der Waals surface area contributed by atoms with Crippen LogP contribution in [0.5, 0.6) is 5.88 Å². The first kappa shape index (κ1) is 17.2. The monoisotopic (exact) mass is 451 g/mol. The molecule has 0 radical (unpaired) electrons. The van der Waals surface area contributed by atoms with Crippen LogP contribution in [0.4, 0.5) is 10.5 Å². The van der Waals surface area contributed by atoms with Crippen molar-refractivity contribution >= 4 is 37.6 Å². The summed E-state index contributed by atoms with van der Waals surface area (Å²) < 4.78 is 25.0. The predicted octanol–water partition coefficient (Wildman–Crippen LogP) is 2.73. The first-order valence-electron chi connectivity index (χ1n) is 8.78. The van der Waals surface area contributed by atoms with E-state index in [4.69, 9.17) is 9.88 Å². The SMILES string of the molecule is C[C@@H]1COc2c(S(N)(=O)=NC(=O)Nc3c4c(c(Br)c5c3CC5)CC4)cnn21. The van der Waals surface area contributed by atoms with Gasteiger partial charge in [0.15, 0.2) is 9.92 Å². The first-order chi connectivity index (χ1) is 12.9. The van der Waals surface area contributed by atoms with Crippen molar-refractivity contribution in [3.05, 3.63) is 32.9 Å². The molecule has 2 aliphatic carbocycles. The molecule has 8 nitrogen and oxygen atoms in total. The number of urea groups is 1. The normalized spacial score (nSPS) is 20.9. The summed E-state index contributed by atoms with van der Waals surface area (Å²) >= 11 is 3.67. The lowest BCUT2D eigenvalue weighted by atomic mass is 9.76. The largest absolute Gasteiger partial charge is 0.475 e. The lowest BCUT2D eigenvalue weighted by molar-refractivity contribution is 0.260. The fourth-order valence-corrected chi connectivity index (χ4v) is 5.73. The Hall–Kier alpha value is -1.91. The minimum atomic E-state index is -3.46. The van der Waals surface area contributed by atoms with Gasteiger partial charge in [0.25, 0.3) is 0 Å². The van der Waals surface area contributed by atoms with Gasteiger partial charge in [-0.05, 0) is 54.9 Å². The summed E-state index contributed by atoms with van der Waals surface area (Å²) in [4.78, 5) is 12.7. The third-order valence-electron chi connectivity index (χ3n) is 5.47. The maximum atomic E-state index is 12.9. The molecular formula is C17H18BrN5O3S. The molecule has 1 unspecified atom stereocenters. The molecule has 1 aromatic heterocycles. The molecule has 27 heavy (non-hydrogen) atoms. The van der Waals surface area contributed by atoms with Gasteiger partial charge in [-0.1, -0.05) is 15.9 Å². The Balaban J connectivity index is 1.48. The van der Waals surface area contributed by atoms with Gasteiger partial charge in [0.05, 0.1) is 12.2 Å². The Kier molecular flexibility index (Phi) is 3.69. The molecule has 3 N–H and O–H groups in total. The number of benzene rings is 1. The minimum Gasteiger partial charge on any atom is -0.475 e. The first-order valence-corrected chi connectivity index (χ1v) is 11.1. The van der Waals surface area contributed by atoms with Crippen LogP contribution in [0, 0.1) is 0 Å². The zero-order chi connectivity index (χ0) is 18.9. The topological polar surface area (TPSA) is 112 Å². The van der Waals surface area contributed by atoms with Crippen LogP contribution in [0.3, 0.4) is 0 Å². The Bertz CT molecular complexity index is 1100. The standard InChI is InChI=1S/C17H18BrN5O3S/c1-8-7-26-16-13(6-20-23(8)16)27(19,25)22-17(24)21-15-11-4-2-9(11)14(18)10-3-5-12(10)15/h6,8H,2-5,7H2,1H3,(H3,19,21,22,24,25)/t8-,27?/m1/s1. The highest BCUT2D eigenvalue weighted by atomic mass is 79.9. The van der Waals surface area contributed by atoms with E-state index >= 15 is 0 Å². The Morgan fingerprint density at radius 1 is 1.33 bits per heavy atom. The lowest BCUT2D eigenvalue weighted by Gasteiger charge is -2.33. The predicted molar refractivity (Wildman–Crippen MR) is 103 cm³/mol. The number of hydrogen-bond acceptors (Lipinski definition) is 4. The van der Waals surface area contributed by atoms with E-state index in [9.17, 15) is 9.00 Å². The number of amides is 2. The minimum absolute atomic E-state index is 0.0261. The molecule has 1 aromatic carbocycles. The molecule has 0 saturated heterocycles. The second-order valence-electron chi connectivity index (χ2n) is 7.11. The molecule has 142 valence electrons. The Morgan fingerprint density at radius 2 is 1.96 bits per heavy atom. The van der Waals surface area contributed by atoms with Gasteiger partial charge in [0, 0.05) is 10.2 Å². The van der Waals surface area contributed by atoms with E-state index in [2.05, 4.69) is 30.7 Å². The highest BCUT2D eigenvalue weighted by Crippen LogP contribution is 2.46. The van der Waals surface area contributed by atoms with Crippen LogP contribution >= 0.6 is 15.9 Å². The van der Waals surface area contributed by atoms with E-state index in [1.807, 2.05) is 6.92 Å². The summed E-state index contributed by atoms with van der Waals surface area (Å²) in [6.07, 6.45) is 5.18. The van der Waals surface area contributed by atoms with Crippen LogP contribution in [0.15, 0.2) is 19.9 Å². The molecule has 2 aromatic rings. The number of hydrogen-bond donors (Lipinski definition) is 2. The van der Waals surface area contributed by atoms with Gasteiger partial charge >= 0.3 is 6.03 Å². The van der Waals surface area contributed by atoms with Crippen LogP contribution in [0.1, 0.15) is 35.2 Å². The van der Waals surface area contributed by atoms with Crippen molar-refractivity contribution in [3.8, 4) is 5.88 Å². The lowest BCUT2D eigenvalue weighted by Crippen LogP contribution is -2.25. The van der Waals surface area contributed by atoms with Crippen molar-refractivity contribution in [2.75, 3.05) is 11.9 Å². The smallest absolute Gasteiger partial charge is 0.354 e. The third kappa shape index (κ3) is 2.46. The van der Waals surface area contributed by atoms with Gasteiger partial charge in [-0.25, -0.2) is 18.8 Å². The Morgan fingerprint density at radius 3 is 2.56 bits per heavy atom. The number of rotatable bonds is 2. The number of fused-ring (bicyclic) bond motifs is 3. The molecule has 2 amide bonds.